The smallest absolute Gasteiger partial charge is 0.248 e. The second kappa shape index (κ2) is 8.55. The van der Waals surface area contributed by atoms with Crippen LogP contribution in [0.2, 0.25) is 10.0 Å². The summed E-state index contributed by atoms with van der Waals surface area (Å²) in [6.07, 6.45) is 3.06. The first kappa shape index (κ1) is 18.7. The normalized spacial score (nSPS) is 10.6. The predicted octanol–water partition coefficient (Wildman–Crippen LogP) is 6.18. The molecular formula is C22H14Cl2N2O. The molecule has 0 spiro atoms. The number of halogens is 2. The summed E-state index contributed by atoms with van der Waals surface area (Å²) < 4.78 is 0. The van der Waals surface area contributed by atoms with E-state index in [4.69, 9.17) is 28.5 Å². The van der Waals surface area contributed by atoms with E-state index in [2.05, 4.69) is 11.4 Å². The lowest BCUT2D eigenvalue weighted by Gasteiger charge is -2.05. The van der Waals surface area contributed by atoms with Gasteiger partial charge >= 0.3 is 0 Å². The molecule has 0 aliphatic heterocycles. The van der Waals surface area contributed by atoms with E-state index in [-0.39, 0.29) is 5.91 Å². The molecule has 0 aliphatic rings. The number of nitrogens with one attached hydrogen (secondary N) is 1. The molecule has 132 valence electrons. The number of nitrogens with zero attached hydrogens (tertiary/aromatic N) is 1. The average molecular weight is 393 g/mol. The molecule has 1 amide bonds. The van der Waals surface area contributed by atoms with Gasteiger partial charge in [-0.25, -0.2) is 0 Å². The summed E-state index contributed by atoms with van der Waals surface area (Å²) in [6, 6.07) is 22.0. The van der Waals surface area contributed by atoms with Crippen molar-refractivity contribution in [1.29, 1.82) is 5.26 Å². The van der Waals surface area contributed by atoms with Gasteiger partial charge in [-0.3, -0.25) is 4.79 Å². The summed E-state index contributed by atoms with van der Waals surface area (Å²) in [5.41, 5.74) is 4.02. The highest BCUT2D eigenvalue weighted by molar-refractivity contribution is 6.35. The van der Waals surface area contributed by atoms with Crippen LogP contribution in [-0.2, 0) is 4.79 Å². The highest BCUT2D eigenvalue weighted by atomic mass is 35.5. The minimum atomic E-state index is -0.257. The van der Waals surface area contributed by atoms with E-state index in [1.165, 1.54) is 6.08 Å². The van der Waals surface area contributed by atoms with Crippen molar-refractivity contribution in [2.75, 3.05) is 5.32 Å². The van der Waals surface area contributed by atoms with E-state index in [0.29, 0.717) is 26.9 Å². The molecule has 0 bridgehead atoms. The van der Waals surface area contributed by atoms with Gasteiger partial charge in [0.25, 0.3) is 0 Å². The zero-order chi connectivity index (χ0) is 19.2. The molecule has 27 heavy (non-hydrogen) atoms. The minimum Gasteiger partial charge on any atom is -0.323 e. The van der Waals surface area contributed by atoms with Crippen molar-refractivity contribution in [1.82, 2.24) is 0 Å². The van der Waals surface area contributed by atoms with Crippen LogP contribution in [0.1, 0.15) is 11.1 Å². The second-order valence-corrected chi connectivity index (χ2v) is 6.60. The van der Waals surface area contributed by atoms with E-state index >= 15 is 0 Å². The third-order valence-electron chi connectivity index (χ3n) is 3.88. The molecule has 5 heteroatoms. The Hall–Kier alpha value is -3.06. The Kier molecular flexibility index (Phi) is 5.93. The summed E-state index contributed by atoms with van der Waals surface area (Å²) in [5, 5.41) is 12.7. The molecule has 0 aliphatic carbocycles. The van der Waals surface area contributed by atoms with Gasteiger partial charge in [0, 0.05) is 21.8 Å². The predicted molar refractivity (Wildman–Crippen MR) is 111 cm³/mol. The number of nitriles is 1. The standard InChI is InChI=1S/C22H14Cl2N2O/c23-19-9-5-18(21(24)13-19)8-12-22(27)26-20-10-6-17(7-11-20)16-3-1-15(14-25)2-4-16/h1-13H,(H,26,27). The molecule has 3 rings (SSSR count). The Labute approximate surface area is 167 Å². The summed E-state index contributed by atoms with van der Waals surface area (Å²) in [4.78, 5) is 12.1. The number of amides is 1. The van der Waals surface area contributed by atoms with Crippen LogP contribution in [0, 0.1) is 11.3 Å². The summed E-state index contributed by atoms with van der Waals surface area (Å²) in [6.45, 7) is 0. The van der Waals surface area contributed by atoms with Gasteiger partial charge in [-0.15, -0.1) is 0 Å². The lowest BCUT2D eigenvalue weighted by molar-refractivity contribution is -0.111. The number of rotatable bonds is 4. The van der Waals surface area contributed by atoms with Gasteiger partial charge in [0.2, 0.25) is 5.91 Å². The molecule has 0 heterocycles. The number of anilines is 1. The maximum Gasteiger partial charge on any atom is 0.248 e. The van der Waals surface area contributed by atoms with Crippen LogP contribution in [0.25, 0.3) is 17.2 Å². The van der Waals surface area contributed by atoms with Crippen molar-refractivity contribution >= 4 is 40.9 Å². The van der Waals surface area contributed by atoms with Gasteiger partial charge in [-0.2, -0.15) is 5.26 Å². The topological polar surface area (TPSA) is 52.9 Å². The maximum atomic E-state index is 12.1. The van der Waals surface area contributed by atoms with Gasteiger partial charge in [0.05, 0.1) is 11.6 Å². The monoisotopic (exact) mass is 392 g/mol. The summed E-state index contributed by atoms with van der Waals surface area (Å²) in [5.74, 6) is -0.257. The molecule has 3 aromatic carbocycles. The van der Waals surface area contributed by atoms with E-state index in [9.17, 15) is 4.79 Å². The van der Waals surface area contributed by atoms with Gasteiger partial charge in [-0.1, -0.05) is 53.5 Å². The summed E-state index contributed by atoms with van der Waals surface area (Å²) >= 11 is 11.9. The van der Waals surface area contributed by atoms with Crippen molar-refractivity contribution in [3.63, 3.8) is 0 Å². The molecule has 3 nitrogen and oxygen atoms in total. The molecule has 3 aromatic rings. The Morgan fingerprint density at radius 3 is 2.15 bits per heavy atom. The van der Waals surface area contributed by atoms with Crippen molar-refractivity contribution in [2.24, 2.45) is 0 Å². The lowest BCUT2D eigenvalue weighted by atomic mass is 10.0. The number of hydrogen-bond donors (Lipinski definition) is 1. The molecule has 0 saturated carbocycles. The number of carbonyl (C=O) groups is 1. The van der Waals surface area contributed by atoms with Crippen LogP contribution in [0.15, 0.2) is 72.8 Å². The zero-order valence-electron chi connectivity index (χ0n) is 14.1. The van der Waals surface area contributed by atoms with Crippen LogP contribution in [0.4, 0.5) is 5.69 Å². The third-order valence-corrected chi connectivity index (χ3v) is 4.44. The Bertz CT molecular complexity index is 1030. The Morgan fingerprint density at radius 2 is 1.56 bits per heavy atom. The quantitative estimate of drug-likeness (QED) is 0.538. The zero-order valence-corrected chi connectivity index (χ0v) is 15.6. The van der Waals surface area contributed by atoms with Gasteiger partial charge in [0.15, 0.2) is 0 Å². The molecule has 0 radical (unpaired) electrons. The van der Waals surface area contributed by atoms with E-state index in [1.54, 1.807) is 36.4 Å². The number of hydrogen-bond acceptors (Lipinski definition) is 2. The average Bonchev–Trinajstić information content (AvgIpc) is 2.68. The third kappa shape index (κ3) is 4.98. The van der Waals surface area contributed by atoms with Gasteiger partial charge in [0.1, 0.15) is 0 Å². The molecule has 0 aromatic heterocycles. The number of benzene rings is 3. The SMILES string of the molecule is N#Cc1ccc(-c2ccc(NC(=O)C=Cc3ccc(Cl)cc3Cl)cc2)cc1. The minimum absolute atomic E-state index is 0.257. The maximum absolute atomic E-state index is 12.1. The fraction of sp³-hybridized carbons (Fsp3) is 0. The van der Waals surface area contributed by atoms with Gasteiger partial charge in [-0.05, 0) is 59.2 Å². The first-order valence-corrected chi connectivity index (χ1v) is 8.85. The van der Waals surface area contributed by atoms with Crippen LogP contribution in [0.5, 0.6) is 0 Å². The number of carbonyl (C=O) groups excluding carboxylic acids is 1. The summed E-state index contributed by atoms with van der Waals surface area (Å²) in [7, 11) is 0. The molecule has 0 unspecified atom stereocenters. The van der Waals surface area contributed by atoms with Crippen molar-refractivity contribution in [3.05, 3.63) is 94.0 Å². The second-order valence-electron chi connectivity index (χ2n) is 5.75. The fourth-order valence-corrected chi connectivity index (χ4v) is 2.94. The molecule has 0 atom stereocenters. The van der Waals surface area contributed by atoms with E-state index < -0.39 is 0 Å². The van der Waals surface area contributed by atoms with Crippen molar-refractivity contribution in [2.45, 2.75) is 0 Å². The largest absolute Gasteiger partial charge is 0.323 e. The molecule has 0 saturated heterocycles. The van der Waals surface area contributed by atoms with Gasteiger partial charge < -0.3 is 5.32 Å². The first-order valence-electron chi connectivity index (χ1n) is 8.10. The van der Waals surface area contributed by atoms with Crippen LogP contribution >= 0.6 is 23.2 Å². The van der Waals surface area contributed by atoms with E-state index in [1.807, 2.05) is 36.4 Å². The van der Waals surface area contributed by atoms with Crippen LogP contribution in [0.3, 0.4) is 0 Å². The first-order chi connectivity index (χ1) is 13.0. The highest BCUT2D eigenvalue weighted by Crippen LogP contribution is 2.23. The van der Waals surface area contributed by atoms with Crippen LogP contribution in [-0.4, -0.2) is 5.91 Å². The van der Waals surface area contributed by atoms with Crippen molar-refractivity contribution in [3.8, 4) is 17.2 Å². The highest BCUT2D eigenvalue weighted by Gasteiger charge is 2.02. The van der Waals surface area contributed by atoms with Crippen molar-refractivity contribution < 1.29 is 4.79 Å². The Morgan fingerprint density at radius 1 is 0.926 bits per heavy atom. The van der Waals surface area contributed by atoms with Crippen LogP contribution < -0.4 is 5.32 Å². The van der Waals surface area contributed by atoms with E-state index in [0.717, 1.165) is 11.1 Å². The molecular weight excluding hydrogens is 379 g/mol. The lowest BCUT2D eigenvalue weighted by Crippen LogP contribution is -2.07. The fourth-order valence-electron chi connectivity index (χ4n) is 2.47. The molecule has 1 N–H and O–H groups in total. The Balaban J connectivity index is 1.66. The molecule has 0 fully saturated rings.